The number of hydrogen-bond donors (Lipinski definition) is 1. The minimum Gasteiger partial charge on any atom is -0.355 e. The summed E-state index contributed by atoms with van der Waals surface area (Å²) in [6.45, 7) is 2.69. The molecule has 3 heterocycles. The third-order valence-electron chi connectivity index (χ3n) is 7.86. The average molecular weight is 645 g/mol. The molecule has 0 unspecified atom stereocenters. The van der Waals surface area contributed by atoms with Gasteiger partial charge in [-0.3, -0.25) is 19.0 Å². The van der Waals surface area contributed by atoms with Crippen LogP contribution in [0.1, 0.15) is 55.9 Å². The predicted octanol–water partition coefficient (Wildman–Crippen LogP) is 5.61. The van der Waals surface area contributed by atoms with Crippen LogP contribution in [0.5, 0.6) is 0 Å². The van der Waals surface area contributed by atoms with Crippen molar-refractivity contribution in [3.8, 4) is 5.69 Å². The van der Waals surface area contributed by atoms with E-state index in [1.807, 2.05) is 18.2 Å². The molecule has 10 heteroatoms. The number of carbonyl (C=O) groups excluding carboxylic acids is 2. The molecule has 2 aromatic heterocycles. The number of rotatable bonds is 5. The van der Waals surface area contributed by atoms with Crippen LogP contribution >= 0.6 is 27.5 Å². The maximum atomic E-state index is 14.3. The van der Waals surface area contributed by atoms with Crippen molar-refractivity contribution in [1.29, 1.82) is 0 Å². The summed E-state index contributed by atoms with van der Waals surface area (Å²) < 4.78 is 4.19. The molecule has 42 heavy (non-hydrogen) atoms. The van der Waals surface area contributed by atoms with Gasteiger partial charge in [0.25, 0.3) is 17.4 Å². The molecule has 1 aliphatic rings. The second-order valence-corrected chi connectivity index (χ2v) is 11.5. The van der Waals surface area contributed by atoms with Gasteiger partial charge >= 0.3 is 0 Å². The summed E-state index contributed by atoms with van der Waals surface area (Å²) >= 11 is 9.65. The predicted molar refractivity (Wildman–Crippen MR) is 166 cm³/mol. The molecule has 0 aliphatic carbocycles. The van der Waals surface area contributed by atoms with E-state index in [9.17, 15) is 14.4 Å². The van der Waals surface area contributed by atoms with Gasteiger partial charge in [-0.25, -0.2) is 4.52 Å². The van der Waals surface area contributed by atoms with Gasteiger partial charge in [0, 0.05) is 46.2 Å². The lowest BCUT2D eigenvalue weighted by molar-refractivity contribution is 0.0729. The second-order valence-electron chi connectivity index (χ2n) is 10.3. The van der Waals surface area contributed by atoms with Gasteiger partial charge in [-0.15, -0.1) is 0 Å². The summed E-state index contributed by atoms with van der Waals surface area (Å²) in [5.41, 5.74) is 5.33. The van der Waals surface area contributed by atoms with E-state index in [1.165, 1.54) is 0 Å². The third kappa shape index (κ3) is 4.82. The van der Waals surface area contributed by atoms with Crippen LogP contribution in [0.25, 0.3) is 11.3 Å². The van der Waals surface area contributed by atoms with Crippen molar-refractivity contribution in [1.82, 2.24) is 24.4 Å². The van der Waals surface area contributed by atoms with Crippen LogP contribution in [-0.4, -0.2) is 44.5 Å². The summed E-state index contributed by atoms with van der Waals surface area (Å²) in [6.07, 6.45) is 2.18. The SMILES string of the molecule is CNC(=O)c1ccc(-n2c(=O)c3c(n4ncc([C@@H](C)c5ccccc5)c24)CN(C(=O)c2ccc(Br)c(Cl)c2)CC3)cc1. The first-order chi connectivity index (χ1) is 20.3. The molecule has 212 valence electrons. The normalized spacial score (nSPS) is 13.6. The standard InChI is InChI=1S/C32H27BrClN5O3/c1-19(20-6-4-3-5-7-20)25-17-36-39-28-18-37(31(41)22-10-13-26(33)27(34)16-22)15-14-24(28)32(42)38(30(25)39)23-11-8-21(9-12-23)29(40)35-2/h3-13,16-17,19H,14-15,18H2,1-2H3,(H,35,40)/t19-/m0/s1. The first kappa shape index (κ1) is 27.9. The van der Waals surface area contributed by atoms with E-state index >= 15 is 0 Å². The number of fused-ring (bicyclic) bond motifs is 3. The highest BCUT2D eigenvalue weighted by molar-refractivity contribution is 9.10. The van der Waals surface area contributed by atoms with E-state index in [4.69, 9.17) is 16.7 Å². The molecule has 0 saturated heterocycles. The van der Waals surface area contributed by atoms with E-state index in [0.29, 0.717) is 56.2 Å². The Morgan fingerprint density at radius 3 is 2.43 bits per heavy atom. The van der Waals surface area contributed by atoms with Crippen LogP contribution in [0.3, 0.4) is 0 Å². The number of nitrogens with zero attached hydrogens (tertiary/aromatic N) is 4. The van der Waals surface area contributed by atoms with Gasteiger partial charge in [-0.05, 0) is 70.4 Å². The van der Waals surface area contributed by atoms with Crippen molar-refractivity contribution < 1.29 is 9.59 Å². The van der Waals surface area contributed by atoms with Crippen LogP contribution < -0.4 is 10.9 Å². The lowest BCUT2D eigenvalue weighted by atomic mass is 9.95. The van der Waals surface area contributed by atoms with Gasteiger partial charge in [0.2, 0.25) is 0 Å². The Bertz CT molecular complexity index is 1900. The van der Waals surface area contributed by atoms with E-state index < -0.39 is 0 Å². The Morgan fingerprint density at radius 2 is 1.74 bits per heavy atom. The van der Waals surface area contributed by atoms with Gasteiger partial charge in [-0.1, -0.05) is 48.9 Å². The highest BCUT2D eigenvalue weighted by atomic mass is 79.9. The fraction of sp³-hybridized carbons (Fsp3) is 0.188. The fourth-order valence-corrected chi connectivity index (χ4v) is 5.96. The maximum Gasteiger partial charge on any atom is 0.261 e. The van der Waals surface area contributed by atoms with Crippen LogP contribution in [0.4, 0.5) is 0 Å². The van der Waals surface area contributed by atoms with Gasteiger partial charge in [0.05, 0.1) is 29.1 Å². The van der Waals surface area contributed by atoms with Gasteiger partial charge < -0.3 is 10.2 Å². The van der Waals surface area contributed by atoms with E-state index in [1.54, 1.807) is 69.7 Å². The lowest BCUT2D eigenvalue weighted by Gasteiger charge is -2.30. The van der Waals surface area contributed by atoms with Gasteiger partial charge in [0.15, 0.2) is 0 Å². The largest absolute Gasteiger partial charge is 0.355 e. The number of amides is 2. The van der Waals surface area contributed by atoms with Crippen LogP contribution in [0.2, 0.25) is 5.02 Å². The van der Waals surface area contributed by atoms with Crippen molar-refractivity contribution >= 4 is 45.0 Å². The van der Waals surface area contributed by atoms with Crippen LogP contribution in [0, 0.1) is 0 Å². The molecule has 0 spiro atoms. The third-order valence-corrected chi connectivity index (χ3v) is 9.09. The summed E-state index contributed by atoms with van der Waals surface area (Å²) in [5.74, 6) is -0.435. The van der Waals surface area contributed by atoms with Crippen LogP contribution in [0.15, 0.2) is 88.3 Å². The van der Waals surface area contributed by atoms with Crippen molar-refractivity contribution in [2.45, 2.75) is 25.8 Å². The molecule has 1 N–H and O–H groups in total. The molecule has 0 bridgehead atoms. The molecule has 2 amide bonds. The van der Waals surface area contributed by atoms with E-state index in [-0.39, 0.29) is 29.8 Å². The summed E-state index contributed by atoms with van der Waals surface area (Å²) in [6, 6.07) is 22.1. The average Bonchev–Trinajstić information content (AvgIpc) is 3.47. The molecular formula is C32H27BrClN5O3. The number of carbonyl (C=O) groups is 2. The van der Waals surface area contributed by atoms with Crippen LogP contribution in [-0.2, 0) is 13.0 Å². The first-order valence-electron chi connectivity index (χ1n) is 13.5. The lowest BCUT2D eigenvalue weighted by Crippen LogP contribution is -2.41. The molecule has 3 aromatic carbocycles. The topological polar surface area (TPSA) is 88.7 Å². The van der Waals surface area contributed by atoms with E-state index in [0.717, 1.165) is 11.1 Å². The Hall–Kier alpha value is -4.21. The monoisotopic (exact) mass is 643 g/mol. The summed E-state index contributed by atoms with van der Waals surface area (Å²) in [7, 11) is 1.58. The number of benzene rings is 3. The number of nitrogens with one attached hydrogen (secondary N) is 1. The van der Waals surface area contributed by atoms with Crippen molar-refractivity contribution in [3.05, 3.63) is 132 Å². The molecule has 0 saturated carbocycles. The molecule has 6 rings (SSSR count). The fourth-order valence-electron chi connectivity index (χ4n) is 5.54. The summed E-state index contributed by atoms with van der Waals surface area (Å²) in [4.78, 5) is 41.7. The highest BCUT2D eigenvalue weighted by Crippen LogP contribution is 2.31. The van der Waals surface area contributed by atoms with Gasteiger partial charge in [-0.2, -0.15) is 5.10 Å². The summed E-state index contributed by atoms with van der Waals surface area (Å²) in [5, 5.41) is 7.87. The van der Waals surface area contributed by atoms with Crippen molar-refractivity contribution in [2.75, 3.05) is 13.6 Å². The minimum absolute atomic E-state index is 0.0659. The number of hydrogen-bond acceptors (Lipinski definition) is 4. The zero-order valence-corrected chi connectivity index (χ0v) is 25.3. The second kappa shape index (κ2) is 11.2. The first-order valence-corrected chi connectivity index (χ1v) is 14.7. The Kier molecular flexibility index (Phi) is 7.47. The van der Waals surface area contributed by atoms with Gasteiger partial charge in [0.1, 0.15) is 5.65 Å². The zero-order valence-electron chi connectivity index (χ0n) is 23.0. The minimum atomic E-state index is -0.205. The Morgan fingerprint density at radius 1 is 1.02 bits per heavy atom. The molecule has 0 radical (unpaired) electrons. The Balaban J connectivity index is 1.51. The smallest absolute Gasteiger partial charge is 0.261 e. The molecule has 1 aliphatic heterocycles. The number of aromatic nitrogens is 3. The molecular weight excluding hydrogens is 618 g/mol. The highest BCUT2D eigenvalue weighted by Gasteiger charge is 2.30. The Labute approximate surface area is 255 Å². The molecule has 0 fully saturated rings. The molecule has 5 aromatic rings. The molecule has 8 nitrogen and oxygen atoms in total. The van der Waals surface area contributed by atoms with Crippen molar-refractivity contribution in [2.24, 2.45) is 0 Å². The van der Waals surface area contributed by atoms with Crippen molar-refractivity contribution in [3.63, 3.8) is 0 Å². The quantitative estimate of drug-likeness (QED) is 0.270. The zero-order chi connectivity index (χ0) is 29.5. The number of halogens is 2. The van der Waals surface area contributed by atoms with E-state index in [2.05, 4.69) is 40.3 Å². The molecule has 1 atom stereocenters. The maximum absolute atomic E-state index is 14.3.